The van der Waals surface area contributed by atoms with Crippen molar-refractivity contribution >= 4 is 23.7 Å². The average molecular weight is 425 g/mol. The number of amides is 2. The molecule has 12 heteroatoms. The van der Waals surface area contributed by atoms with E-state index in [1.165, 1.54) is 12.5 Å². The lowest BCUT2D eigenvalue weighted by Gasteiger charge is -2.24. The van der Waals surface area contributed by atoms with E-state index in [-0.39, 0.29) is 18.3 Å². The van der Waals surface area contributed by atoms with E-state index in [4.69, 9.17) is 17.2 Å². The molecule has 0 aromatic carbocycles. The second-order valence-electron chi connectivity index (χ2n) is 7.43. The summed E-state index contributed by atoms with van der Waals surface area (Å²) in [7, 11) is 0. The van der Waals surface area contributed by atoms with Crippen LogP contribution in [-0.4, -0.2) is 63.5 Å². The number of guanidine groups is 1. The van der Waals surface area contributed by atoms with Gasteiger partial charge in [0.2, 0.25) is 11.8 Å². The van der Waals surface area contributed by atoms with Crippen LogP contribution in [0.3, 0.4) is 0 Å². The molecule has 0 radical (unpaired) electrons. The highest BCUT2D eigenvalue weighted by Crippen LogP contribution is 2.08. The van der Waals surface area contributed by atoms with Gasteiger partial charge in [-0.2, -0.15) is 0 Å². The molecule has 12 nitrogen and oxygen atoms in total. The molecule has 0 saturated carbocycles. The van der Waals surface area contributed by atoms with Gasteiger partial charge in [0, 0.05) is 24.9 Å². The maximum atomic E-state index is 12.7. The van der Waals surface area contributed by atoms with E-state index in [0.717, 1.165) is 0 Å². The summed E-state index contributed by atoms with van der Waals surface area (Å²) in [5, 5.41) is 14.5. The molecule has 0 unspecified atom stereocenters. The van der Waals surface area contributed by atoms with Crippen molar-refractivity contribution in [3.05, 3.63) is 18.2 Å². The van der Waals surface area contributed by atoms with E-state index in [0.29, 0.717) is 31.5 Å². The molecule has 1 aromatic rings. The highest BCUT2D eigenvalue weighted by atomic mass is 16.4. The first-order valence-corrected chi connectivity index (χ1v) is 9.71. The van der Waals surface area contributed by atoms with Gasteiger partial charge < -0.3 is 37.9 Å². The number of nitrogens with two attached hydrogens (primary N) is 3. The molecule has 0 saturated heterocycles. The molecule has 0 aliphatic rings. The van der Waals surface area contributed by atoms with Gasteiger partial charge in [-0.1, -0.05) is 13.8 Å². The molecule has 0 aliphatic carbocycles. The summed E-state index contributed by atoms with van der Waals surface area (Å²) in [5.74, 6) is -2.23. The van der Waals surface area contributed by atoms with Gasteiger partial charge >= 0.3 is 5.97 Å². The number of aromatic amines is 1. The van der Waals surface area contributed by atoms with Crippen molar-refractivity contribution in [2.45, 2.75) is 57.7 Å². The Kier molecular flexibility index (Phi) is 10.3. The van der Waals surface area contributed by atoms with Gasteiger partial charge in [0.15, 0.2) is 5.96 Å². The van der Waals surface area contributed by atoms with Gasteiger partial charge in [0.05, 0.1) is 12.4 Å². The Hall–Kier alpha value is -3.15. The summed E-state index contributed by atoms with van der Waals surface area (Å²) < 4.78 is 0. The number of carbonyl (C=O) groups is 3. The number of carboxylic acids is 1. The summed E-state index contributed by atoms with van der Waals surface area (Å²) in [6.45, 7) is 4.12. The lowest BCUT2D eigenvalue weighted by Crippen LogP contribution is -2.55. The third-order valence-electron chi connectivity index (χ3n) is 4.24. The van der Waals surface area contributed by atoms with E-state index in [9.17, 15) is 19.5 Å². The second kappa shape index (κ2) is 12.4. The van der Waals surface area contributed by atoms with E-state index < -0.39 is 35.9 Å². The van der Waals surface area contributed by atoms with Crippen LogP contribution in [-0.2, 0) is 20.8 Å². The van der Waals surface area contributed by atoms with Crippen molar-refractivity contribution in [2.24, 2.45) is 28.1 Å². The zero-order valence-corrected chi connectivity index (χ0v) is 17.3. The zero-order valence-electron chi connectivity index (χ0n) is 17.3. The number of nitrogens with zero attached hydrogens (tertiary/aromatic N) is 2. The van der Waals surface area contributed by atoms with Crippen LogP contribution >= 0.6 is 0 Å². The summed E-state index contributed by atoms with van der Waals surface area (Å²) in [6.07, 6.45) is 4.10. The fraction of sp³-hybridized carbons (Fsp3) is 0.611. The number of hydrogen-bond donors (Lipinski definition) is 7. The molecule has 0 bridgehead atoms. The first-order valence-electron chi connectivity index (χ1n) is 9.71. The quantitative estimate of drug-likeness (QED) is 0.111. The molecule has 3 atom stereocenters. The number of nitrogens with one attached hydrogen (secondary N) is 3. The van der Waals surface area contributed by atoms with Crippen LogP contribution in [0.5, 0.6) is 0 Å². The molecule has 10 N–H and O–H groups in total. The van der Waals surface area contributed by atoms with E-state index in [1.807, 2.05) is 13.8 Å². The maximum absolute atomic E-state index is 12.7. The minimum absolute atomic E-state index is 0.0354. The van der Waals surface area contributed by atoms with Gasteiger partial charge in [0.25, 0.3) is 0 Å². The summed E-state index contributed by atoms with van der Waals surface area (Å²) >= 11 is 0. The largest absolute Gasteiger partial charge is 0.480 e. The molecule has 0 spiro atoms. The number of carbonyl (C=O) groups excluding carboxylic acids is 2. The number of aliphatic carboxylic acids is 1. The predicted octanol–water partition coefficient (Wildman–Crippen LogP) is -1.57. The van der Waals surface area contributed by atoms with Crippen LogP contribution in [0, 0.1) is 5.92 Å². The van der Waals surface area contributed by atoms with Gasteiger partial charge in [-0.3, -0.25) is 14.6 Å². The smallest absolute Gasteiger partial charge is 0.326 e. The second-order valence-corrected chi connectivity index (χ2v) is 7.43. The van der Waals surface area contributed by atoms with E-state index in [1.54, 1.807) is 0 Å². The molecule has 30 heavy (non-hydrogen) atoms. The molecule has 0 fully saturated rings. The van der Waals surface area contributed by atoms with Crippen LogP contribution in [0.15, 0.2) is 17.5 Å². The topological polar surface area (TPSA) is 215 Å². The SMILES string of the molecule is CC(C)C[C@H](NC(=O)[C@@H](N)CCCN=C(N)N)C(=O)N[C@@H](Cc1cnc[nH]1)C(=O)O. The third kappa shape index (κ3) is 9.37. The van der Waals surface area contributed by atoms with Gasteiger partial charge in [0.1, 0.15) is 12.1 Å². The molecule has 1 aromatic heterocycles. The number of carboxylic acid groups (broad SMARTS) is 1. The number of hydrogen-bond acceptors (Lipinski definition) is 6. The summed E-state index contributed by atoms with van der Waals surface area (Å²) in [5.41, 5.74) is 16.9. The fourth-order valence-corrected chi connectivity index (χ4v) is 2.72. The monoisotopic (exact) mass is 424 g/mol. The molecule has 168 valence electrons. The first-order chi connectivity index (χ1) is 14.1. The molecular formula is C18H32N8O4. The lowest BCUT2D eigenvalue weighted by molar-refractivity contribution is -0.142. The Labute approximate surface area is 175 Å². The van der Waals surface area contributed by atoms with E-state index in [2.05, 4.69) is 25.6 Å². The van der Waals surface area contributed by atoms with Crippen LogP contribution < -0.4 is 27.8 Å². The van der Waals surface area contributed by atoms with Crippen molar-refractivity contribution in [2.75, 3.05) is 6.54 Å². The standard InChI is InChI=1S/C18H32N8O4/c1-10(2)6-13(25-15(27)12(19)4-3-5-23-18(20)21)16(28)26-14(17(29)30)7-11-8-22-9-24-11/h8-10,12-14H,3-7,19H2,1-2H3,(H,22,24)(H,25,27)(H,26,28)(H,29,30)(H4,20,21,23)/t12-,13-,14-/m0/s1. The summed E-state index contributed by atoms with van der Waals surface area (Å²) in [6, 6.07) is -2.93. The van der Waals surface area contributed by atoms with Crippen LogP contribution in [0.4, 0.5) is 0 Å². The first kappa shape index (κ1) is 24.9. The highest BCUT2D eigenvalue weighted by Gasteiger charge is 2.28. The number of imidazole rings is 1. The third-order valence-corrected chi connectivity index (χ3v) is 4.24. The van der Waals surface area contributed by atoms with Gasteiger partial charge in [-0.25, -0.2) is 9.78 Å². The Morgan fingerprint density at radius 1 is 1.20 bits per heavy atom. The number of H-pyrrole nitrogens is 1. The summed E-state index contributed by atoms with van der Waals surface area (Å²) in [4.78, 5) is 47.1. The minimum atomic E-state index is -1.19. The maximum Gasteiger partial charge on any atom is 0.326 e. The predicted molar refractivity (Wildman–Crippen MR) is 111 cm³/mol. The Morgan fingerprint density at radius 2 is 1.87 bits per heavy atom. The fourth-order valence-electron chi connectivity index (χ4n) is 2.72. The van der Waals surface area contributed by atoms with Crippen molar-refractivity contribution in [3.8, 4) is 0 Å². The molecule has 0 aliphatic heterocycles. The number of aliphatic imine (C=N–C) groups is 1. The van der Waals surface area contributed by atoms with E-state index >= 15 is 0 Å². The zero-order chi connectivity index (χ0) is 22.7. The molecule has 1 rings (SSSR count). The van der Waals surface area contributed by atoms with Crippen LogP contribution in [0.2, 0.25) is 0 Å². The van der Waals surface area contributed by atoms with Crippen molar-refractivity contribution < 1.29 is 19.5 Å². The van der Waals surface area contributed by atoms with Gasteiger partial charge in [-0.05, 0) is 25.2 Å². The Morgan fingerprint density at radius 3 is 2.40 bits per heavy atom. The average Bonchev–Trinajstić information content (AvgIpc) is 3.16. The number of rotatable bonds is 13. The molecule has 1 heterocycles. The Bertz CT molecular complexity index is 716. The Balaban J connectivity index is 2.71. The minimum Gasteiger partial charge on any atom is -0.480 e. The highest BCUT2D eigenvalue weighted by molar-refractivity contribution is 5.91. The van der Waals surface area contributed by atoms with Crippen molar-refractivity contribution in [1.29, 1.82) is 0 Å². The van der Waals surface area contributed by atoms with Gasteiger partial charge in [-0.15, -0.1) is 0 Å². The molecular weight excluding hydrogens is 392 g/mol. The lowest BCUT2D eigenvalue weighted by atomic mass is 10.0. The normalized spacial score (nSPS) is 13.9. The number of aromatic nitrogens is 2. The van der Waals surface area contributed by atoms with Crippen LogP contribution in [0.25, 0.3) is 0 Å². The van der Waals surface area contributed by atoms with Crippen molar-refractivity contribution in [1.82, 2.24) is 20.6 Å². The molecule has 2 amide bonds. The van der Waals surface area contributed by atoms with Crippen molar-refractivity contribution in [3.63, 3.8) is 0 Å². The van der Waals surface area contributed by atoms with Crippen LogP contribution in [0.1, 0.15) is 38.8 Å².